The monoisotopic (exact) mass is 435 g/mol. The van der Waals surface area contributed by atoms with Crippen molar-refractivity contribution >= 4 is 23.4 Å². The maximum atomic E-state index is 13.1. The number of halogens is 1. The Balaban J connectivity index is 1.40. The van der Waals surface area contributed by atoms with Crippen LogP contribution in [0.5, 0.6) is 0 Å². The zero-order chi connectivity index (χ0) is 22.0. The fourth-order valence-corrected chi connectivity index (χ4v) is 3.87. The largest absolute Gasteiger partial charge is 0.333 e. The lowest BCUT2D eigenvalue weighted by Gasteiger charge is -2.07. The molecule has 0 fully saturated rings. The molecule has 0 aliphatic carbocycles. The first-order valence-electron chi connectivity index (χ1n) is 9.77. The third kappa shape index (κ3) is 4.69. The van der Waals surface area contributed by atoms with E-state index < -0.39 is 0 Å². The van der Waals surface area contributed by atoms with Gasteiger partial charge in [-0.05, 0) is 62.7 Å². The van der Waals surface area contributed by atoms with E-state index in [2.05, 4.69) is 20.4 Å². The normalized spacial score (nSPS) is 11.0. The van der Waals surface area contributed by atoms with E-state index in [1.165, 1.54) is 29.5 Å². The van der Waals surface area contributed by atoms with Crippen LogP contribution in [0.1, 0.15) is 17.0 Å². The van der Waals surface area contributed by atoms with Crippen molar-refractivity contribution in [3.8, 4) is 16.9 Å². The number of carbonyl (C=O) groups is 1. The zero-order valence-electron chi connectivity index (χ0n) is 17.4. The number of hydrogen-bond donors (Lipinski definition) is 2. The van der Waals surface area contributed by atoms with Crippen LogP contribution in [0.4, 0.5) is 10.1 Å². The Labute approximate surface area is 183 Å². The average molecular weight is 436 g/mol. The van der Waals surface area contributed by atoms with Gasteiger partial charge in [0.05, 0.1) is 40.4 Å². The van der Waals surface area contributed by atoms with E-state index in [-0.39, 0.29) is 17.5 Å². The van der Waals surface area contributed by atoms with Gasteiger partial charge in [0.25, 0.3) is 0 Å². The quantitative estimate of drug-likeness (QED) is 0.415. The molecule has 6 nitrogen and oxygen atoms in total. The molecule has 2 heterocycles. The van der Waals surface area contributed by atoms with Gasteiger partial charge in [0, 0.05) is 0 Å². The second kappa shape index (κ2) is 8.77. The van der Waals surface area contributed by atoms with Gasteiger partial charge < -0.3 is 10.3 Å². The molecule has 158 valence electrons. The molecule has 8 heteroatoms. The number of carbonyl (C=O) groups excluding carboxylic acids is 1. The van der Waals surface area contributed by atoms with Crippen LogP contribution in [0.2, 0.25) is 0 Å². The van der Waals surface area contributed by atoms with E-state index in [4.69, 9.17) is 0 Å². The number of thioether (sulfide) groups is 1. The molecular weight excluding hydrogens is 413 g/mol. The van der Waals surface area contributed by atoms with Gasteiger partial charge in [0.2, 0.25) is 5.91 Å². The van der Waals surface area contributed by atoms with E-state index >= 15 is 0 Å². The number of aromatic amines is 1. The Morgan fingerprint density at radius 1 is 1.10 bits per heavy atom. The lowest BCUT2D eigenvalue weighted by Crippen LogP contribution is -2.15. The standard InChI is InChI=1S/C23H22FN5OS/c1-14-4-10-19(11-5-14)29-16(3)22(15(2)28-29)27-21(30)13-31-23-25-12-20(26-23)17-6-8-18(24)9-7-17/h4-12H,13H2,1-3H3,(H,25,26)(H,27,30). The third-order valence-corrected chi connectivity index (χ3v) is 5.77. The fourth-order valence-electron chi connectivity index (χ4n) is 3.22. The number of rotatable bonds is 6. The van der Waals surface area contributed by atoms with Crippen molar-refractivity contribution < 1.29 is 9.18 Å². The molecule has 2 N–H and O–H groups in total. The smallest absolute Gasteiger partial charge is 0.234 e. The van der Waals surface area contributed by atoms with Crippen molar-refractivity contribution in [2.24, 2.45) is 0 Å². The van der Waals surface area contributed by atoms with E-state index in [0.717, 1.165) is 34.0 Å². The predicted octanol–water partition coefficient (Wildman–Crippen LogP) is 5.06. The molecule has 0 saturated carbocycles. The van der Waals surface area contributed by atoms with Gasteiger partial charge in [-0.15, -0.1) is 0 Å². The molecule has 0 radical (unpaired) electrons. The van der Waals surface area contributed by atoms with Crippen molar-refractivity contribution in [2.45, 2.75) is 25.9 Å². The molecule has 4 rings (SSSR count). The summed E-state index contributed by atoms with van der Waals surface area (Å²) in [6.45, 7) is 5.85. The summed E-state index contributed by atoms with van der Waals surface area (Å²) in [6, 6.07) is 14.2. The number of anilines is 1. The van der Waals surface area contributed by atoms with Gasteiger partial charge in [0.1, 0.15) is 5.82 Å². The molecule has 31 heavy (non-hydrogen) atoms. The van der Waals surface area contributed by atoms with E-state index in [1.807, 2.05) is 49.7 Å². The van der Waals surface area contributed by atoms with Gasteiger partial charge >= 0.3 is 0 Å². The van der Waals surface area contributed by atoms with Crippen LogP contribution >= 0.6 is 11.8 Å². The number of aryl methyl sites for hydroxylation is 2. The first-order valence-corrected chi connectivity index (χ1v) is 10.8. The van der Waals surface area contributed by atoms with Crippen LogP contribution in [-0.2, 0) is 4.79 Å². The van der Waals surface area contributed by atoms with Crippen molar-refractivity contribution in [1.29, 1.82) is 0 Å². The summed E-state index contributed by atoms with van der Waals surface area (Å²) in [5.74, 6) is -0.226. The number of H-pyrrole nitrogens is 1. The molecule has 2 aromatic carbocycles. The summed E-state index contributed by atoms with van der Waals surface area (Å²) in [5.41, 5.74) is 6.08. The molecule has 0 spiro atoms. The molecule has 0 bridgehead atoms. The van der Waals surface area contributed by atoms with Crippen molar-refractivity contribution in [3.05, 3.63) is 77.5 Å². The number of imidazole rings is 1. The highest BCUT2D eigenvalue weighted by molar-refractivity contribution is 7.99. The summed E-state index contributed by atoms with van der Waals surface area (Å²) in [7, 11) is 0. The third-order valence-electron chi connectivity index (χ3n) is 4.88. The van der Waals surface area contributed by atoms with Crippen LogP contribution in [0.3, 0.4) is 0 Å². The minimum Gasteiger partial charge on any atom is -0.333 e. The summed E-state index contributed by atoms with van der Waals surface area (Å²) >= 11 is 1.30. The highest BCUT2D eigenvalue weighted by atomic mass is 32.2. The van der Waals surface area contributed by atoms with E-state index in [0.29, 0.717) is 5.16 Å². The van der Waals surface area contributed by atoms with E-state index in [9.17, 15) is 9.18 Å². The van der Waals surface area contributed by atoms with Crippen LogP contribution < -0.4 is 5.32 Å². The topological polar surface area (TPSA) is 75.6 Å². The Morgan fingerprint density at radius 3 is 2.52 bits per heavy atom. The number of benzene rings is 2. The lowest BCUT2D eigenvalue weighted by molar-refractivity contribution is -0.113. The van der Waals surface area contributed by atoms with Crippen LogP contribution in [0.25, 0.3) is 16.9 Å². The Hall–Kier alpha value is -3.39. The van der Waals surface area contributed by atoms with Gasteiger partial charge in [-0.3, -0.25) is 4.79 Å². The SMILES string of the molecule is Cc1ccc(-n2nc(C)c(NC(=O)CSc3ncc(-c4ccc(F)cc4)[nH]3)c2C)cc1. The molecule has 2 aromatic heterocycles. The van der Waals surface area contributed by atoms with Crippen molar-refractivity contribution in [3.63, 3.8) is 0 Å². The number of aromatic nitrogens is 4. The maximum Gasteiger partial charge on any atom is 0.234 e. The molecular formula is C23H22FN5OS. The van der Waals surface area contributed by atoms with E-state index in [1.54, 1.807) is 18.3 Å². The Kier molecular flexibility index (Phi) is 5.90. The number of hydrogen-bond acceptors (Lipinski definition) is 4. The van der Waals surface area contributed by atoms with Gasteiger partial charge in [-0.2, -0.15) is 5.10 Å². The van der Waals surface area contributed by atoms with Gasteiger partial charge in [0.15, 0.2) is 5.16 Å². The number of nitrogens with zero attached hydrogens (tertiary/aromatic N) is 3. The highest BCUT2D eigenvalue weighted by Crippen LogP contribution is 2.25. The first kappa shape index (κ1) is 20.9. The van der Waals surface area contributed by atoms with Crippen LogP contribution in [-0.4, -0.2) is 31.4 Å². The minimum absolute atomic E-state index is 0.139. The van der Waals surface area contributed by atoms with Crippen molar-refractivity contribution in [1.82, 2.24) is 19.7 Å². The summed E-state index contributed by atoms with van der Waals surface area (Å²) < 4.78 is 14.9. The predicted molar refractivity (Wildman–Crippen MR) is 121 cm³/mol. The van der Waals surface area contributed by atoms with Crippen LogP contribution in [0.15, 0.2) is 59.9 Å². The second-order valence-corrected chi connectivity index (χ2v) is 8.20. The average Bonchev–Trinajstić information content (AvgIpc) is 3.34. The van der Waals surface area contributed by atoms with Crippen LogP contribution in [0, 0.1) is 26.6 Å². The van der Waals surface area contributed by atoms with Crippen molar-refractivity contribution in [2.75, 3.05) is 11.1 Å². The minimum atomic E-state index is -0.286. The Morgan fingerprint density at radius 2 is 1.81 bits per heavy atom. The first-order chi connectivity index (χ1) is 14.9. The summed E-state index contributed by atoms with van der Waals surface area (Å²) in [4.78, 5) is 20.0. The summed E-state index contributed by atoms with van der Waals surface area (Å²) in [5, 5.41) is 8.17. The molecule has 4 aromatic rings. The second-order valence-electron chi connectivity index (χ2n) is 7.24. The Bertz CT molecular complexity index is 1210. The lowest BCUT2D eigenvalue weighted by atomic mass is 10.2. The highest BCUT2D eigenvalue weighted by Gasteiger charge is 2.16. The summed E-state index contributed by atoms with van der Waals surface area (Å²) in [6.07, 6.45) is 1.67. The molecule has 0 saturated heterocycles. The maximum absolute atomic E-state index is 13.1. The zero-order valence-corrected chi connectivity index (χ0v) is 18.3. The molecule has 0 aliphatic rings. The number of amides is 1. The molecule has 0 atom stereocenters. The van der Waals surface area contributed by atoms with Gasteiger partial charge in [-0.25, -0.2) is 14.1 Å². The fraction of sp³-hybridized carbons (Fsp3) is 0.174. The van der Waals surface area contributed by atoms with Gasteiger partial charge in [-0.1, -0.05) is 29.5 Å². The molecule has 0 unspecified atom stereocenters. The molecule has 1 amide bonds. The number of nitrogens with one attached hydrogen (secondary N) is 2. The molecule has 0 aliphatic heterocycles.